The molecule has 1 saturated heterocycles. The second kappa shape index (κ2) is 5.12. The summed E-state index contributed by atoms with van der Waals surface area (Å²) < 4.78 is 6.47. The lowest BCUT2D eigenvalue weighted by atomic mass is 10.0. The molecule has 2 fully saturated rings. The van der Waals surface area contributed by atoms with Crippen molar-refractivity contribution in [3.05, 3.63) is 22.6 Å². The number of rotatable bonds is 4. The average Bonchev–Trinajstić information content (AvgIpc) is 3.12. The SMILES string of the molecule is Brc1ccoc1CNC1CCN(C2CC2)CC1. The van der Waals surface area contributed by atoms with Crippen molar-refractivity contribution in [3.63, 3.8) is 0 Å². The molecule has 3 rings (SSSR count). The fourth-order valence-electron chi connectivity index (χ4n) is 2.60. The zero-order valence-electron chi connectivity index (χ0n) is 9.99. The van der Waals surface area contributed by atoms with Gasteiger partial charge in [0.2, 0.25) is 0 Å². The molecule has 1 aliphatic heterocycles. The van der Waals surface area contributed by atoms with E-state index in [1.54, 1.807) is 6.26 Å². The molecule has 0 radical (unpaired) electrons. The first-order chi connectivity index (χ1) is 8.33. The predicted octanol–water partition coefficient (Wildman–Crippen LogP) is 2.76. The summed E-state index contributed by atoms with van der Waals surface area (Å²) in [6.45, 7) is 3.37. The number of nitrogens with zero attached hydrogens (tertiary/aromatic N) is 1. The smallest absolute Gasteiger partial charge is 0.131 e. The molecule has 0 aromatic carbocycles. The molecule has 4 heteroatoms. The Bertz CT molecular complexity index is 367. The van der Waals surface area contributed by atoms with Crippen molar-refractivity contribution >= 4 is 15.9 Å². The third-order valence-corrected chi connectivity index (χ3v) is 4.54. The van der Waals surface area contributed by atoms with Crippen molar-refractivity contribution in [1.82, 2.24) is 10.2 Å². The second-order valence-electron chi connectivity index (χ2n) is 5.11. The number of hydrogen-bond donors (Lipinski definition) is 1. The molecule has 0 atom stereocenters. The van der Waals surface area contributed by atoms with E-state index in [1.165, 1.54) is 38.8 Å². The fourth-order valence-corrected chi connectivity index (χ4v) is 2.94. The van der Waals surface area contributed by atoms with Crippen LogP contribution in [0.5, 0.6) is 0 Å². The minimum absolute atomic E-state index is 0.655. The van der Waals surface area contributed by atoms with E-state index in [0.717, 1.165) is 22.8 Å². The fraction of sp³-hybridized carbons (Fsp3) is 0.692. The van der Waals surface area contributed by atoms with Gasteiger partial charge in [-0.3, -0.25) is 0 Å². The summed E-state index contributed by atoms with van der Waals surface area (Å²) in [4.78, 5) is 2.65. The zero-order valence-corrected chi connectivity index (χ0v) is 11.6. The van der Waals surface area contributed by atoms with Crippen LogP contribution < -0.4 is 5.32 Å². The Hall–Kier alpha value is -0.320. The second-order valence-corrected chi connectivity index (χ2v) is 5.97. The molecule has 1 aromatic rings. The van der Waals surface area contributed by atoms with Crippen LogP contribution in [0, 0.1) is 0 Å². The maximum absolute atomic E-state index is 5.40. The number of likely N-dealkylation sites (tertiary alicyclic amines) is 1. The van der Waals surface area contributed by atoms with Gasteiger partial charge in [-0.1, -0.05) is 0 Å². The number of hydrogen-bond acceptors (Lipinski definition) is 3. The molecule has 0 amide bonds. The minimum atomic E-state index is 0.655. The summed E-state index contributed by atoms with van der Waals surface area (Å²) >= 11 is 3.49. The molecule has 2 heterocycles. The van der Waals surface area contributed by atoms with E-state index in [4.69, 9.17) is 4.42 Å². The van der Waals surface area contributed by atoms with Gasteiger partial charge >= 0.3 is 0 Å². The number of furan rings is 1. The minimum Gasteiger partial charge on any atom is -0.467 e. The molecule has 0 unspecified atom stereocenters. The van der Waals surface area contributed by atoms with Crippen LogP contribution in [0.25, 0.3) is 0 Å². The van der Waals surface area contributed by atoms with Crippen molar-refractivity contribution in [2.24, 2.45) is 0 Å². The lowest BCUT2D eigenvalue weighted by Crippen LogP contribution is -2.43. The van der Waals surface area contributed by atoms with Crippen LogP contribution in [-0.2, 0) is 6.54 Å². The average molecular weight is 299 g/mol. The Balaban J connectivity index is 1.43. The van der Waals surface area contributed by atoms with Gasteiger partial charge in [0.05, 0.1) is 17.3 Å². The molecule has 1 saturated carbocycles. The highest BCUT2D eigenvalue weighted by atomic mass is 79.9. The lowest BCUT2D eigenvalue weighted by Gasteiger charge is -2.32. The molecular formula is C13H19BrN2O. The molecule has 1 aromatic heterocycles. The van der Waals surface area contributed by atoms with E-state index in [9.17, 15) is 0 Å². The highest BCUT2D eigenvalue weighted by Crippen LogP contribution is 2.29. The molecule has 3 nitrogen and oxygen atoms in total. The first kappa shape index (κ1) is 11.8. The van der Waals surface area contributed by atoms with Crippen molar-refractivity contribution in [1.29, 1.82) is 0 Å². The summed E-state index contributed by atoms with van der Waals surface area (Å²) in [5.41, 5.74) is 0. The largest absolute Gasteiger partial charge is 0.467 e. The van der Waals surface area contributed by atoms with Crippen molar-refractivity contribution < 1.29 is 4.42 Å². The third-order valence-electron chi connectivity index (χ3n) is 3.84. The maximum atomic E-state index is 5.40. The monoisotopic (exact) mass is 298 g/mol. The standard InChI is InChI=1S/C13H19BrN2O/c14-12-5-8-17-13(12)9-15-10-3-6-16(7-4-10)11-1-2-11/h5,8,10-11,15H,1-4,6-7,9H2. The molecular weight excluding hydrogens is 280 g/mol. The maximum Gasteiger partial charge on any atom is 0.131 e. The van der Waals surface area contributed by atoms with Gasteiger partial charge in [-0.25, -0.2) is 0 Å². The van der Waals surface area contributed by atoms with E-state index >= 15 is 0 Å². The summed E-state index contributed by atoms with van der Waals surface area (Å²) in [5, 5.41) is 3.59. The molecule has 1 aliphatic carbocycles. The quantitative estimate of drug-likeness (QED) is 0.926. The van der Waals surface area contributed by atoms with Gasteiger partial charge in [0.1, 0.15) is 5.76 Å². The Morgan fingerprint density at radius 2 is 2.06 bits per heavy atom. The van der Waals surface area contributed by atoms with Gasteiger partial charge in [0.25, 0.3) is 0 Å². The molecule has 0 bridgehead atoms. The highest BCUT2D eigenvalue weighted by molar-refractivity contribution is 9.10. The van der Waals surface area contributed by atoms with Gasteiger partial charge in [0, 0.05) is 12.1 Å². The van der Waals surface area contributed by atoms with Gasteiger partial charge in [0.15, 0.2) is 0 Å². The van der Waals surface area contributed by atoms with Crippen LogP contribution in [0.2, 0.25) is 0 Å². The van der Waals surface area contributed by atoms with Gasteiger partial charge in [-0.15, -0.1) is 0 Å². The Labute approximate surface area is 111 Å². The van der Waals surface area contributed by atoms with Crippen LogP contribution in [-0.4, -0.2) is 30.1 Å². The topological polar surface area (TPSA) is 28.4 Å². The number of nitrogens with one attached hydrogen (secondary N) is 1. The van der Waals surface area contributed by atoms with Crippen LogP contribution in [0.4, 0.5) is 0 Å². The Kier molecular flexibility index (Phi) is 3.54. The van der Waals surface area contributed by atoms with Gasteiger partial charge < -0.3 is 14.6 Å². The van der Waals surface area contributed by atoms with Crippen molar-refractivity contribution in [3.8, 4) is 0 Å². The van der Waals surface area contributed by atoms with E-state index < -0.39 is 0 Å². The van der Waals surface area contributed by atoms with Crippen LogP contribution in [0.3, 0.4) is 0 Å². The highest BCUT2D eigenvalue weighted by Gasteiger charge is 2.31. The Morgan fingerprint density at radius 3 is 2.65 bits per heavy atom. The molecule has 1 N–H and O–H groups in total. The third kappa shape index (κ3) is 2.92. The first-order valence-electron chi connectivity index (χ1n) is 6.52. The summed E-state index contributed by atoms with van der Waals surface area (Å²) in [6, 6.07) is 3.53. The molecule has 17 heavy (non-hydrogen) atoms. The van der Waals surface area contributed by atoms with E-state index in [-0.39, 0.29) is 0 Å². The molecule has 94 valence electrons. The van der Waals surface area contributed by atoms with Crippen LogP contribution in [0.1, 0.15) is 31.4 Å². The van der Waals surface area contributed by atoms with Gasteiger partial charge in [-0.2, -0.15) is 0 Å². The number of halogens is 1. The summed E-state index contributed by atoms with van der Waals surface area (Å²) in [7, 11) is 0. The lowest BCUT2D eigenvalue weighted by molar-refractivity contribution is 0.187. The van der Waals surface area contributed by atoms with E-state index in [2.05, 4.69) is 26.1 Å². The summed E-state index contributed by atoms with van der Waals surface area (Å²) in [6.07, 6.45) is 7.13. The van der Waals surface area contributed by atoms with Crippen molar-refractivity contribution in [2.45, 2.75) is 44.3 Å². The van der Waals surface area contributed by atoms with Crippen LogP contribution >= 0.6 is 15.9 Å². The van der Waals surface area contributed by atoms with E-state index in [0.29, 0.717) is 6.04 Å². The molecule has 2 aliphatic rings. The normalized spacial score (nSPS) is 23.1. The van der Waals surface area contributed by atoms with E-state index in [1.807, 2.05) is 6.07 Å². The van der Waals surface area contributed by atoms with Crippen molar-refractivity contribution in [2.75, 3.05) is 13.1 Å². The zero-order chi connectivity index (χ0) is 11.7. The number of piperidine rings is 1. The Morgan fingerprint density at radius 1 is 1.29 bits per heavy atom. The predicted molar refractivity (Wildman–Crippen MR) is 70.9 cm³/mol. The van der Waals surface area contributed by atoms with Crippen LogP contribution in [0.15, 0.2) is 21.2 Å². The first-order valence-corrected chi connectivity index (χ1v) is 7.31. The molecule has 0 spiro atoms. The van der Waals surface area contributed by atoms with Gasteiger partial charge in [-0.05, 0) is 60.8 Å². The summed E-state index contributed by atoms with van der Waals surface area (Å²) in [5.74, 6) is 1.01.